The van der Waals surface area contributed by atoms with Crippen LogP contribution in [0.4, 0.5) is 0 Å². The van der Waals surface area contributed by atoms with Gasteiger partial charge in [-0.1, -0.05) is 23.3 Å². The lowest BCUT2D eigenvalue weighted by Gasteiger charge is -2.38. The Balaban J connectivity index is 1.18. The highest BCUT2D eigenvalue weighted by atomic mass is 32.2. The summed E-state index contributed by atoms with van der Waals surface area (Å²) >= 11 is 1.61. The van der Waals surface area contributed by atoms with Gasteiger partial charge >= 0.3 is 0 Å². The van der Waals surface area contributed by atoms with Gasteiger partial charge in [-0.05, 0) is 63.7 Å². The zero-order chi connectivity index (χ0) is 20.2. The number of likely N-dealkylation sites (tertiary alicyclic amines) is 1. The molecule has 1 aromatic rings. The number of piperidine rings is 1. The second kappa shape index (κ2) is 7.15. The maximum absolute atomic E-state index is 12.8. The third-order valence-electron chi connectivity index (χ3n) is 7.39. The fourth-order valence-electron chi connectivity index (χ4n) is 5.63. The molecule has 2 aliphatic carbocycles. The summed E-state index contributed by atoms with van der Waals surface area (Å²) in [5.74, 6) is 2.35. The topological polar surface area (TPSA) is 87.8 Å². The number of carbonyl (C=O) groups is 2. The number of rotatable bonds is 3. The molecule has 1 saturated heterocycles. The first-order valence-electron chi connectivity index (χ1n) is 10.7. The van der Waals surface area contributed by atoms with Gasteiger partial charge in [0.05, 0.1) is 0 Å². The average molecular weight is 417 g/mol. The van der Waals surface area contributed by atoms with Crippen LogP contribution in [-0.4, -0.2) is 50.9 Å². The number of fused-ring (bicyclic) bond motifs is 2. The first-order valence-corrected chi connectivity index (χ1v) is 11.6. The van der Waals surface area contributed by atoms with Crippen molar-refractivity contribution in [2.75, 3.05) is 13.1 Å². The molecule has 3 heterocycles. The van der Waals surface area contributed by atoms with Gasteiger partial charge in [-0.3, -0.25) is 9.59 Å². The molecule has 2 aliphatic heterocycles. The number of aryl methyl sites for hydroxylation is 1. The molecule has 29 heavy (non-hydrogen) atoms. The Hall–Kier alpha value is -1.83. The Labute approximate surface area is 175 Å². The fourth-order valence-corrected chi connectivity index (χ4v) is 6.91. The fraction of sp³-hybridized carbons (Fsp3) is 0.714. The van der Waals surface area contributed by atoms with E-state index in [2.05, 4.69) is 15.5 Å². The van der Waals surface area contributed by atoms with Gasteiger partial charge < -0.3 is 14.7 Å². The standard InChI is InChI=1S/C21H28N4O3S/c1-12-9-17(24-28-12)18(26)25-7-5-15(6-8-25)21(2)19(27)23-20(29-21)22-16-11-13-3-4-14(16)10-13/h9,13-16H,3-8,10-11H2,1-2H3,(H,22,23,27)/t13-,14-,16?,21?/m0/s1. The third kappa shape index (κ3) is 3.39. The molecule has 7 nitrogen and oxygen atoms in total. The Bertz CT molecular complexity index is 860. The summed E-state index contributed by atoms with van der Waals surface area (Å²) in [7, 11) is 0. The summed E-state index contributed by atoms with van der Waals surface area (Å²) in [6.07, 6.45) is 6.83. The number of aliphatic imine (C=N–C) groups is 1. The molecule has 2 bridgehead atoms. The van der Waals surface area contributed by atoms with Crippen molar-refractivity contribution in [1.29, 1.82) is 0 Å². The summed E-state index contributed by atoms with van der Waals surface area (Å²) in [4.78, 5) is 31.6. The SMILES string of the molecule is Cc1cc(C(=O)N2CCC(C3(C)SC(NC4C[C@H]5CC[C@H]4C5)=NC3=O)CC2)no1. The van der Waals surface area contributed by atoms with Crippen molar-refractivity contribution < 1.29 is 14.1 Å². The van der Waals surface area contributed by atoms with Crippen LogP contribution in [0.25, 0.3) is 0 Å². The predicted molar refractivity (Wildman–Crippen MR) is 111 cm³/mol. The number of hydrogen-bond donors (Lipinski definition) is 1. The summed E-state index contributed by atoms with van der Waals surface area (Å²) in [5, 5.41) is 8.24. The van der Waals surface area contributed by atoms with E-state index in [1.54, 1.807) is 24.8 Å². The van der Waals surface area contributed by atoms with E-state index in [4.69, 9.17) is 4.52 Å². The molecule has 4 aliphatic rings. The summed E-state index contributed by atoms with van der Waals surface area (Å²) in [6, 6.07) is 2.16. The molecular formula is C21H28N4O3S. The minimum absolute atomic E-state index is 0.0231. The summed E-state index contributed by atoms with van der Waals surface area (Å²) in [6.45, 7) is 5.08. The maximum Gasteiger partial charge on any atom is 0.276 e. The van der Waals surface area contributed by atoms with E-state index in [9.17, 15) is 9.59 Å². The smallest absolute Gasteiger partial charge is 0.276 e. The molecule has 2 amide bonds. The summed E-state index contributed by atoms with van der Waals surface area (Å²) in [5.41, 5.74) is 0.360. The molecule has 5 rings (SSSR count). The van der Waals surface area contributed by atoms with E-state index in [1.165, 1.54) is 25.7 Å². The van der Waals surface area contributed by atoms with Gasteiger partial charge in [-0.15, -0.1) is 0 Å². The monoisotopic (exact) mass is 416 g/mol. The highest BCUT2D eigenvalue weighted by molar-refractivity contribution is 8.16. The molecule has 8 heteroatoms. The van der Waals surface area contributed by atoms with Gasteiger partial charge in [0.25, 0.3) is 11.8 Å². The Kier molecular flexibility index (Phi) is 4.72. The average Bonchev–Trinajstić information content (AvgIpc) is 3.48. The van der Waals surface area contributed by atoms with Crippen molar-refractivity contribution in [3.63, 3.8) is 0 Å². The highest BCUT2D eigenvalue weighted by Crippen LogP contribution is 2.47. The first-order chi connectivity index (χ1) is 13.9. The molecular weight excluding hydrogens is 388 g/mol. The molecule has 0 aromatic carbocycles. The number of aromatic nitrogens is 1. The van der Waals surface area contributed by atoms with E-state index in [1.807, 2.05) is 11.8 Å². The number of nitrogens with zero attached hydrogens (tertiary/aromatic N) is 3. The molecule has 0 radical (unpaired) electrons. The second-order valence-electron chi connectivity index (χ2n) is 9.25. The number of nitrogens with one attached hydrogen (secondary N) is 1. The Morgan fingerprint density at radius 1 is 1.28 bits per heavy atom. The van der Waals surface area contributed by atoms with Crippen molar-refractivity contribution in [3.8, 4) is 0 Å². The lowest BCUT2D eigenvalue weighted by molar-refractivity contribution is -0.121. The van der Waals surface area contributed by atoms with Crippen LogP contribution < -0.4 is 5.32 Å². The summed E-state index contributed by atoms with van der Waals surface area (Å²) < 4.78 is 4.50. The maximum atomic E-state index is 12.8. The van der Waals surface area contributed by atoms with Crippen molar-refractivity contribution in [3.05, 3.63) is 17.5 Å². The molecule has 3 fully saturated rings. The molecule has 2 unspecified atom stereocenters. The van der Waals surface area contributed by atoms with Crippen molar-refractivity contribution in [2.24, 2.45) is 22.7 Å². The zero-order valence-corrected chi connectivity index (χ0v) is 17.8. The normalized spacial score (nSPS) is 34.7. The van der Waals surface area contributed by atoms with E-state index in [-0.39, 0.29) is 17.7 Å². The molecule has 4 atom stereocenters. The first kappa shape index (κ1) is 19.2. The Morgan fingerprint density at radius 2 is 2.07 bits per heavy atom. The van der Waals surface area contributed by atoms with Gasteiger partial charge in [0.1, 0.15) is 10.5 Å². The number of amides is 2. The van der Waals surface area contributed by atoms with E-state index < -0.39 is 4.75 Å². The van der Waals surface area contributed by atoms with Gasteiger partial charge in [-0.2, -0.15) is 4.99 Å². The lowest BCUT2D eigenvalue weighted by atomic mass is 9.84. The van der Waals surface area contributed by atoms with Crippen LogP contribution in [0.5, 0.6) is 0 Å². The van der Waals surface area contributed by atoms with Gasteiger partial charge in [-0.25, -0.2) is 0 Å². The van der Waals surface area contributed by atoms with E-state index in [0.717, 1.165) is 29.8 Å². The molecule has 1 N–H and O–H groups in total. The van der Waals surface area contributed by atoms with Crippen LogP contribution in [0, 0.1) is 24.7 Å². The number of thioether (sulfide) groups is 1. The zero-order valence-electron chi connectivity index (χ0n) is 17.0. The van der Waals surface area contributed by atoms with Crippen LogP contribution in [0.1, 0.15) is 61.7 Å². The van der Waals surface area contributed by atoms with Crippen molar-refractivity contribution in [1.82, 2.24) is 15.4 Å². The van der Waals surface area contributed by atoms with Crippen LogP contribution >= 0.6 is 11.8 Å². The number of hydrogen-bond acceptors (Lipinski definition) is 6. The molecule has 156 valence electrons. The minimum Gasteiger partial charge on any atom is -0.361 e. The van der Waals surface area contributed by atoms with Crippen LogP contribution in [0.15, 0.2) is 15.6 Å². The molecule has 0 spiro atoms. The van der Waals surface area contributed by atoms with Crippen LogP contribution in [-0.2, 0) is 4.79 Å². The second-order valence-corrected chi connectivity index (χ2v) is 10.7. The number of amidine groups is 1. The van der Waals surface area contributed by atoms with Crippen LogP contribution in [0.3, 0.4) is 0 Å². The largest absolute Gasteiger partial charge is 0.361 e. The van der Waals surface area contributed by atoms with Gasteiger partial charge in [0, 0.05) is 25.2 Å². The van der Waals surface area contributed by atoms with Crippen molar-refractivity contribution >= 4 is 28.7 Å². The third-order valence-corrected chi connectivity index (χ3v) is 8.73. The number of carbonyl (C=O) groups excluding carboxylic acids is 2. The predicted octanol–water partition coefficient (Wildman–Crippen LogP) is 3.00. The van der Waals surface area contributed by atoms with E-state index >= 15 is 0 Å². The quantitative estimate of drug-likeness (QED) is 0.815. The highest BCUT2D eigenvalue weighted by Gasteiger charge is 2.49. The minimum atomic E-state index is -0.528. The molecule has 2 saturated carbocycles. The van der Waals surface area contributed by atoms with Gasteiger partial charge in [0.2, 0.25) is 0 Å². The van der Waals surface area contributed by atoms with Gasteiger partial charge in [0.15, 0.2) is 10.9 Å². The lowest BCUT2D eigenvalue weighted by Crippen LogP contribution is -2.46. The van der Waals surface area contributed by atoms with Crippen molar-refractivity contribution in [2.45, 2.75) is 63.2 Å². The molecule has 1 aromatic heterocycles. The Morgan fingerprint density at radius 3 is 2.69 bits per heavy atom. The van der Waals surface area contributed by atoms with Crippen LogP contribution in [0.2, 0.25) is 0 Å². The van der Waals surface area contributed by atoms with E-state index in [0.29, 0.717) is 30.6 Å².